The van der Waals surface area contributed by atoms with Gasteiger partial charge in [0.1, 0.15) is 30.4 Å². The highest BCUT2D eigenvalue weighted by Crippen LogP contribution is 2.28. The summed E-state index contributed by atoms with van der Waals surface area (Å²) in [5.74, 6) is 1.96. The number of fused-ring (bicyclic) bond motifs is 6. The molecule has 3 aromatic rings. The van der Waals surface area contributed by atoms with Crippen molar-refractivity contribution in [1.82, 2.24) is 14.5 Å². The van der Waals surface area contributed by atoms with Crippen molar-refractivity contribution in [2.75, 3.05) is 18.1 Å². The minimum Gasteiger partial charge on any atom is -0.493 e. The zero-order valence-electron chi connectivity index (χ0n) is 25.8. The number of ether oxygens (including phenoxy) is 1. The Balaban J connectivity index is 2.04. The maximum Gasteiger partial charge on any atom is 0.141 e. The quantitative estimate of drug-likeness (QED) is 0.448. The van der Waals surface area contributed by atoms with Gasteiger partial charge < -0.3 is 9.64 Å². The molecule has 1 N–H and O–H groups in total. The van der Waals surface area contributed by atoms with Crippen LogP contribution >= 0.6 is 0 Å². The van der Waals surface area contributed by atoms with Gasteiger partial charge in [0.2, 0.25) is 0 Å². The number of hydrogen-bond acceptors (Lipinski definition) is 5. The van der Waals surface area contributed by atoms with E-state index in [0.717, 1.165) is 83.4 Å². The van der Waals surface area contributed by atoms with Gasteiger partial charge in [-0.05, 0) is 80.5 Å². The van der Waals surface area contributed by atoms with Crippen molar-refractivity contribution in [1.29, 1.82) is 5.41 Å². The number of nitrogens with one attached hydrogen (secondary N) is 1. The Kier molecular flexibility index (Phi) is 10.1. The Morgan fingerprint density at radius 2 is 2.00 bits per heavy atom. The second-order valence-corrected chi connectivity index (χ2v) is 11.7. The van der Waals surface area contributed by atoms with Crippen molar-refractivity contribution in [3.05, 3.63) is 63.5 Å². The Hall–Kier alpha value is -3.35. The molecule has 6 nitrogen and oxygen atoms in total. The van der Waals surface area contributed by atoms with Crippen LogP contribution in [0.15, 0.2) is 30.5 Å². The Morgan fingerprint density at radius 3 is 2.71 bits per heavy atom. The minimum absolute atomic E-state index is 0.0960. The van der Waals surface area contributed by atoms with Crippen molar-refractivity contribution in [2.24, 2.45) is 0 Å². The first-order valence-corrected chi connectivity index (χ1v) is 15.3. The number of rotatable bonds is 6. The van der Waals surface area contributed by atoms with Crippen molar-refractivity contribution in [3.8, 4) is 11.4 Å². The topological polar surface area (TPSA) is 67.0 Å². The van der Waals surface area contributed by atoms with Gasteiger partial charge in [-0.15, -0.1) is 0 Å². The predicted molar refractivity (Wildman–Crippen MR) is 171 cm³/mol. The molecule has 4 bridgehead atoms. The zero-order chi connectivity index (χ0) is 29.7. The van der Waals surface area contributed by atoms with Gasteiger partial charge in [-0.1, -0.05) is 64.9 Å². The molecule has 3 heterocycles. The molecule has 2 unspecified atom stereocenters. The van der Waals surface area contributed by atoms with E-state index in [9.17, 15) is 5.41 Å². The highest BCUT2D eigenvalue weighted by Gasteiger charge is 2.21. The summed E-state index contributed by atoms with van der Waals surface area (Å²) in [6.45, 7) is 19.0. The number of aryl methyl sites for hydroxylation is 1. The zero-order valence-corrected chi connectivity index (χ0v) is 25.8. The fourth-order valence-corrected chi connectivity index (χ4v) is 5.76. The van der Waals surface area contributed by atoms with Crippen LogP contribution in [0.1, 0.15) is 102 Å². The van der Waals surface area contributed by atoms with Gasteiger partial charge in [-0.3, -0.25) is 15.0 Å². The van der Waals surface area contributed by atoms with Gasteiger partial charge in [0, 0.05) is 18.8 Å². The van der Waals surface area contributed by atoms with E-state index in [4.69, 9.17) is 22.6 Å². The van der Waals surface area contributed by atoms with Crippen molar-refractivity contribution >= 4 is 31.8 Å². The number of hydrogen-bond donors (Lipinski definition) is 1. The summed E-state index contributed by atoms with van der Waals surface area (Å²) in [7, 11) is 6.52. The standard InChI is InChI=1S/C34H46BN5O/c1-8-18-39(24(6)9-2)34-27-17-16-23(5)31-28(35)14-12-15-30(31)41-19-11-10-13-26-20-29(32(22(3)4)37-21-26)40(33(27)36)25(7)38-34/h12,14-15,17,20-24,36H,7-11,13,16,18-19H2,1-6H3/b27-17+,36-33?. The summed E-state index contributed by atoms with van der Waals surface area (Å²) in [5.41, 5.74) is 5.71. The number of anilines is 1. The molecule has 0 amide bonds. The number of benzene rings is 1. The lowest BCUT2D eigenvalue weighted by molar-refractivity contribution is 0.303. The molecule has 1 aliphatic heterocycles. The molecule has 7 heteroatoms. The summed E-state index contributed by atoms with van der Waals surface area (Å²) < 4.78 is 8.20. The van der Waals surface area contributed by atoms with E-state index in [-0.39, 0.29) is 17.9 Å². The molecule has 1 aliphatic rings. The van der Waals surface area contributed by atoms with Crippen LogP contribution in [-0.2, 0) is 6.42 Å². The molecule has 0 saturated heterocycles. The van der Waals surface area contributed by atoms with Crippen LogP contribution < -0.4 is 31.3 Å². The van der Waals surface area contributed by atoms with Crippen LogP contribution in [0, 0.1) is 5.41 Å². The highest BCUT2D eigenvalue weighted by molar-refractivity contribution is 6.33. The van der Waals surface area contributed by atoms with Crippen LogP contribution in [0.3, 0.4) is 0 Å². The van der Waals surface area contributed by atoms with Crippen LogP contribution in [-0.4, -0.2) is 41.6 Å². The van der Waals surface area contributed by atoms with Crippen LogP contribution in [0.4, 0.5) is 5.82 Å². The molecule has 216 valence electrons. The molecular formula is C34H46BN5O. The fourth-order valence-electron chi connectivity index (χ4n) is 5.76. The van der Waals surface area contributed by atoms with Gasteiger partial charge in [0.15, 0.2) is 0 Å². The van der Waals surface area contributed by atoms with E-state index in [0.29, 0.717) is 24.0 Å². The third-order valence-electron chi connectivity index (χ3n) is 8.20. The van der Waals surface area contributed by atoms with E-state index in [1.54, 1.807) is 0 Å². The van der Waals surface area contributed by atoms with Gasteiger partial charge in [0.25, 0.3) is 0 Å². The first-order chi connectivity index (χ1) is 19.7. The molecule has 0 saturated carbocycles. The first-order valence-electron chi connectivity index (χ1n) is 15.3. The largest absolute Gasteiger partial charge is 0.493 e. The van der Waals surface area contributed by atoms with E-state index < -0.39 is 0 Å². The van der Waals surface area contributed by atoms with E-state index in [2.05, 4.69) is 65.2 Å². The third-order valence-corrected chi connectivity index (χ3v) is 8.20. The molecule has 2 aromatic heterocycles. The lowest BCUT2D eigenvalue weighted by Crippen LogP contribution is -2.49. The summed E-state index contributed by atoms with van der Waals surface area (Å²) in [6, 6.07) is 8.39. The summed E-state index contributed by atoms with van der Waals surface area (Å²) in [4.78, 5) is 12.4. The van der Waals surface area contributed by atoms with E-state index in [1.807, 2.05) is 29.0 Å². The maximum atomic E-state index is 9.63. The lowest BCUT2D eigenvalue weighted by atomic mass is 9.83. The predicted octanol–water partition coefficient (Wildman–Crippen LogP) is 4.78. The fraction of sp³-hybridized carbons (Fsp3) is 0.500. The Morgan fingerprint density at radius 1 is 1.22 bits per heavy atom. The summed E-state index contributed by atoms with van der Waals surface area (Å²) >= 11 is 0. The molecule has 0 aliphatic carbocycles. The molecule has 2 atom stereocenters. The van der Waals surface area contributed by atoms with Crippen molar-refractivity contribution < 1.29 is 4.74 Å². The highest BCUT2D eigenvalue weighted by atomic mass is 16.5. The number of aromatic nitrogens is 3. The van der Waals surface area contributed by atoms with Gasteiger partial charge in [-0.25, -0.2) is 4.98 Å². The van der Waals surface area contributed by atoms with Gasteiger partial charge >= 0.3 is 0 Å². The molecule has 4 rings (SSSR count). The van der Waals surface area contributed by atoms with Crippen molar-refractivity contribution in [2.45, 2.75) is 97.9 Å². The van der Waals surface area contributed by atoms with Crippen LogP contribution in [0.5, 0.6) is 5.75 Å². The lowest BCUT2D eigenvalue weighted by Gasteiger charge is -2.30. The molecular weight excluding hydrogens is 505 g/mol. The van der Waals surface area contributed by atoms with E-state index in [1.165, 1.54) is 0 Å². The van der Waals surface area contributed by atoms with Gasteiger partial charge in [0.05, 0.1) is 23.2 Å². The Bertz CT molecular complexity index is 1530. The number of pyridine rings is 1. The molecule has 0 spiro atoms. The molecule has 2 radical (unpaired) electrons. The minimum atomic E-state index is 0.0960. The van der Waals surface area contributed by atoms with Crippen LogP contribution in [0.2, 0.25) is 0 Å². The summed E-state index contributed by atoms with van der Waals surface area (Å²) in [5, 5.41) is 10.4. The Labute approximate surface area is 247 Å². The molecule has 0 fully saturated rings. The first kappa shape index (κ1) is 30.6. The average molecular weight is 552 g/mol. The second kappa shape index (κ2) is 13.5. The average Bonchev–Trinajstić information content (AvgIpc) is 2.94. The number of nitrogens with zero attached hydrogens (tertiary/aromatic N) is 4. The van der Waals surface area contributed by atoms with Crippen LogP contribution in [0.25, 0.3) is 18.3 Å². The normalized spacial score (nSPS) is 17.2. The second-order valence-electron chi connectivity index (χ2n) is 11.7. The monoisotopic (exact) mass is 551 g/mol. The third kappa shape index (κ3) is 6.60. The maximum absolute atomic E-state index is 9.63. The SMILES string of the molecule is [B]c1cccc2c1C(C)C/C=c1/c(N(CCC)C(C)CC)nc(=C)n(c1=N)-c1cc(cnc1C(C)C)CCCCO2. The smallest absolute Gasteiger partial charge is 0.141 e. The van der Waals surface area contributed by atoms with Gasteiger partial charge in [-0.2, -0.15) is 0 Å². The summed E-state index contributed by atoms with van der Waals surface area (Å²) in [6.07, 6.45) is 9.60. The van der Waals surface area contributed by atoms with Crippen molar-refractivity contribution in [3.63, 3.8) is 0 Å². The molecule has 41 heavy (non-hydrogen) atoms. The van der Waals surface area contributed by atoms with E-state index >= 15 is 0 Å². The molecule has 1 aromatic carbocycles.